The number of benzene rings is 2. The van der Waals surface area contributed by atoms with Crippen LogP contribution in [0.1, 0.15) is 12.0 Å². The van der Waals surface area contributed by atoms with E-state index in [1.54, 1.807) is 24.3 Å². The van der Waals surface area contributed by atoms with Gasteiger partial charge >= 0.3 is 6.36 Å². The van der Waals surface area contributed by atoms with Gasteiger partial charge in [0, 0.05) is 13.0 Å². The van der Waals surface area contributed by atoms with Gasteiger partial charge in [-0.1, -0.05) is 29.5 Å². The fourth-order valence-electron chi connectivity index (χ4n) is 2.48. The van der Waals surface area contributed by atoms with Crippen LogP contribution >= 0.6 is 0 Å². The minimum Gasteiger partial charge on any atom is -0.406 e. The molecule has 0 aliphatic carbocycles. The molecule has 0 saturated heterocycles. The maximum Gasteiger partial charge on any atom is 0.573 e. The van der Waals surface area contributed by atoms with E-state index in [-0.39, 0.29) is 36.7 Å². The Kier molecular flexibility index (Phi) is 5.57. The molecule has 0 fully saturated rings. The third-order valence-electron chi connectivity index (χ3n) is 3.83. The summed E-state index contributed by atoms with van der Waals surface area (Å²) in [5.74, 6) is -0.672. The van der Waals surface area contributed by atoms with Gasteiger partial charge in [0.1, 0.15) is 11.3 Å². The van der Waals surface area contributed by atoms with Crippen LogP contribution in [0.3, 0.4) is 0 Å². The first-order chi connectivity index (χ1) is 13.3. The number of amides is 1. The Morgan fingerprint density at radius 3 is 2.54 bits per heavy atom. The fraction of sp³-hybridized carbons (Fsp3) is 0.222. The molecule has 0 unspecified atom stereocenters. The maximum atomic E-state index is 12.3. The lowest BCUT2D eigenvalue weighted by Crippen LogP contribution is -2.29. The number of fused-ring (bicyclic) bond motifs is 1. The van der Waals surface area contributed by atoms with Gasteiger partial charge in [-0.2, -0.15) is 0 Å². The molecule has 0 aliphatic heterocycles. The summed E-state index contributed by atoms with van der Waals surface area (Å²) in [7, 11) is 0. The van der Waals surface area contributed by atoms with Crippen LogP contribution in [0.5, 0.6) is 5.75 Å². The summed E-state index contributed by atoms with van der Waals surface area (Å²) in [5, 5.41) is 10.8. The summed E-state index contributed by atoms with van der Waals surface area (Å²) in [6, 6.07) is 11.9. The Bertz CT molecular complexity index is 1030. The summed E-state index contributed by atoms with van der Waals surface area (Å²) in [6.45, 7) is 0.185. The molecule has 3 aromatic rings. The number of hydrogen-bond donors (Lipinski definition) is 1. The number of hydrogen-bond acceptors (Lipinski definition) is 5. The number of carbonyl (C=O) groups excluding carboxylic acids is 1. The third-order valence-corrected chi connectivity index (χ3v) is 3.83. The van der Waals surface area contributed by atoms with Gasteiger partial charge < -0.3 is 10.1 Å². The average Bonchev–Trinajstić information content (AvgIpc) is 2.66. The number of rotatable bonds is 6. The molecule has 7 nitrogen and oxygen atoms in total. The molecule has 0 aliphatic rings. The van der Waals surface area contributed by atoms with Crippen molar-refractivity contribution < 1.29 is 22.7 Å². The maximum absolute atomic E-state index is 12.3. The zero-order valence-corrected chi connectivity index (χ0v) is 14.4. The van der Waals surface area contributed by atoms with Crippen LogP contribution in [0.15, 0.2) is 53.3 Å². The molecule has 1 heterocycles. The van der Waals surface area contributed by atoms with Gasteiger partial charge in [0.05, 0.1) is 11.9 Å². The molecule has 1 amide bonds. The smallest absolute Gasteiger partial charge is 0.406 e. The Balaban J connectivity index is 1.52. The number of alkyl halides is 3. The van der Waals surface area contributed by atoms with Gasteiger partial charge in [0.15, 0.2) is 0 Å². The van der Waals surface area contributed by atoms with Crippen molar-refractivity contribution >= 4 is 16.8 Å². The Morgan fingerprint density at radius 2 is 1.82 bits per heavy atom. The van der Waals surface area contributed by atoms with Gasteiger partial charge in [-0.3, -0.25) is 9.59 Å². The number of aromatic nitrogens is 3. The zero-order chi connectivity index (χ0) is 20.1. The molecule has 1 aromatic heterocycles. The molecule has 0 saturated carbocycles. The van der Waals surface area contributed by atoms with Crippen LogP contribution in [0.4, 0.5) is 13.2 Å². The molecule has 3 rings (SSSR count). The number of nitrogens with zero attached hydrogens (tertiary/aromatic N) is 3. The standard InChI is InChI=1S/C18H15F3N4O3/c19-18(20,21)28-13-7-5-12(6-8-13)11-22-16(26)9-10-25-17(27)14-3-1-2-4-15(14)23-24-25/h1-8H,9-11H2,(H,22,26). The summed E-state index contributed by atoms with van der Waals surface area (Å²) < 4.78 is 41.3. The second-order valence-corrected chi connectivity index (χ2v) is 5.85. The summed E-state index contributed by atoms with van der Waals surface area (Å²) in [5.41, 5.74) is 0.746. The fourth-order valence-corrected chi connectivity index (χ4v) is 2.48. The number of aryl methyl sites for hydroxylation is 1. The van der Waals surface area contributed by atoms with E-state index in [1.165, 1.54) is 24.3 Å². The molecule has 146 valence electrons. The molecular formula is C18H15F3N4O3. The van der Waals surface area contributed by atoms with Crippen molar-refractivity contribution in [1.82, 2.24) is 20.3 Å². The van der Waals surface area contributed by atoms with Crippen molar-refractivity contribution in [3.8, 4) is 5.75 Å². The molecule has 10 heteroatoms. The highest BCUT2D eigenvalue weighted by Crippen LogP contribution is 2.22. The highest BCUT2D eigenvalue weighted by atomic mass is 19.4. The van der Waals surface area contributed by atoms with Crippen LogP contribution in [-0.4, -0.2) is 27.3 Å². The molecule has 0 bridgehead atoms. The van der Waals surface area contributed by atoms with Crippen molar-refractivity contribution in [2.75, 3.05) is 0 Å². The van der Waals surface area contributed by atoms with Crippen LogP contribution in [0, 0.1) is 0 Å². The van der Waals surface area contributed by atoms with Crippen molar-refractivity contribution in [3.63, 3.8) is 0 Å². The lowest BCUT2D eigenvalue weighted by atomic mass is 10.2. The number of ether oxygens (including phenoxy) is 1. The van der Waals surface area contributed by atoms with Crippen LogP contribution < -0.4 is 15.6 Å². The number of carbonyl (C=O) groups is 1. The monoisotopic (exact) mass is 392 g/mol. The van der Waals surface area contributed by atoms with Crippen molar-refractivity contribution in [1.29, 1.82) is 0 Å². The Labute approximate surface area is 156 Å². The molecular weight excluding hydrogens is 377 g/mol. The number of halogens is 3. The predicted octanol–water partition coefficient (Wildman–Crippen LogP) is 2.40. The first kappa shape index (κ1) is 19.3. The van der Waals surface area contributed by atoms with E-state index in [2.05, 4.69) is 20.4 Å². The van der Waals surface area contributed by atoms with Crippen molar-refractivity contribution in [3.05, 3.63) is 64.4 Å². The largest absolute Gasteiger partial charge is 0.573 e. The van der Waals surface area contributed by atoms with Crippen LogP contribution in [0.25, 0.3) is 10.9 Å². The topological polar surface area (TPSA) is 86.1 Å². The Morgan fingerprint density at radius 1 is 1.11 bits per heavy atom. The molecule has 2 aromatic carbocycles. The van der Waals surface area contributed by atoms with Gasteiger partial charge in [0.25, 0.3) is 5.56 Å². The molecule has 0 atom stereocenters. The van der Waals surface area contributed by atoms with Gasteiger partial charge in [-0.25, -0.2) is 4.68 Å². The lowest BCUT2D eigenvalue weighted by Gasteiger charge is -2.10. The van der Waals surface area contributed by atoms with E-state index >= 15 is 0 Å². The molecule has 0 radical (unpaired) electrons. The first-order valence-corrected chi connectivity index (χ1v) is 8.26. The van der Waals surface area contributed by atoms with E-state index in [1.807, 2.05) is 0 Å². The van der Waals surface area contributed by atoms with E-state index < -0.39 is 6.36 Å². The van der Waals surface area contributed by atoms with Gasteiger partial charge in [-0.15, -0.1) is 18.3 Å². The van der Waals surface area contributed by atoms with Crippen LogP contribution in [0.2, 0.25) is 0 Å². The normalized spacial score (nSPS) is 11.4. The van der Waals surface area contributed by atoms with Crippen molar-refractivity contribution in [2.24, 2.45) is 0 Å². The highest BCUT2D eigenvalue weighted by molar-refractivity contribution is 5.77. The first-order valence-electron chi connectivity index (χ1n) is 8.26. The van der Waals surface area contributed by atoms with E-state index in [0.717, 1.165) is 4.68 Å². The minimum atomic E-state index is -4.75. The van der Waals surface area contributed by atoms with Gasteiger partial charge in [-0.05, 0) is 29.8 Å². The second kappa shape index (κ2) is 8.07. The quantitative estimate of drug-likeness (QED) is 0.696. The van der Waals surface area contributed by atoms with E-state index in [9.17, 15) is 22.8 Å². The van der Waals surface area contributed by atoms with Gasteiger partial charge in [0.2, 0.25) is 5.91 Å². The SMILES string of the molecule is O=C(CCn1nnc2ccccc2c1=O)NCc1ccc(OC(F)(F)F)cc1. The predicted molar refractivity (Wildman–Crippen MR) is 93.4 cm³/mol. The zero-order valence-electron chi connectivity index (χ0n) is 14.4. The highest BCUT2D eigenvalue weighted by Gasteiger charge is 2.30. The minimum absolute atomic E-state index is 0.00218. The average molecular weight is 392 g/mol. The summed E-state index contributed by atoms with van der Waals surface area (Å²) in [4.78, 5) is 24.3. The molecule has 0 spiro atoms. The van der Waals surface area contributed by atoms with Crippen LogP contribution in [-0.2, 0) is 17.9 Å². The number of nitrogens with one attached hydrogen (secondary N) is 1. The summed E-state index contributed by atoms with van der Waals surface area (Å²) in [6.07, 6.45) is -4.75. The Hall–Kier alpha value is -3.43. The van der Waals surface area contributed by atoms with E-state index in [4.69, 9.17) is 0 Å². The van der Waals surface area contributed by atoms with Crippen molar-refractivity contribution in [2.45, 2.75) is 25.9 Å². The molecule has 1 N–H and O–H groups in total. The second-order valence-electron chi connectivity index (χ2n) is 5.85. The lowest BCUT2D eigenvalue weighted by molar-refractivity contribution is -0.274. The summed E-state index contributed by atoms with van der Waals surface area (Å²) >= 11 is 0. The molecule has 28 heavy (non-hydrogen) atoms. The third kappa shape index (κ3) is 5.06. The van der Waals surface area contributed by atoms with E-state index in [0.29, 0.717) is 16.5 Å².